The van der Waals surface area contributed by atoms with Gasteiger partial charge < -0.3 is 14.8 Å². The number of ether oxygens (including phenoxy) is 2. The van der Waals surface area contributed by atoms with Gasteiger partial charge in [0.05, 0.1) is 19.7 Å². The number of hydrogen-bond acceptors (Lipinski definition) is 5. The molecular formula is C22H25N3O3. The highest BCUT2D eigenvalue weighted by atomic mass is 16.6. The molecule has 1 N–H and O–H groups in total. The first-order valence-corrected chi connectivity index (χ1v) is 8.94. The highest BCUT2D eigenvalue weighted by Crippen LogP contribution is 2.16. The first-order valence-electron chi connectivity index (χ1n) is 8.94. The minimum absolute atomic E-state index is 0.249. The minimum atomic E-state index is -1.15. The molecule has 6 nitrogen and oxygen atoms in total. The molecule has 0 fully saturated rings. The second kappa shape index (κ2) is 9.56. The average molecular weight is 379 g/mol. The van der Waals surface area contributed by atoms with E-state index in [1.807, 2.05) is 60.7 Å². The van der Waals surface area contributed by atoms with E-state index >= 15 is 0 Å². The predicted octanol–water partition coefficient (Wildman–Crippen LogP) is 4.19. The third-order valence-corrected chi connectivity index (χ3v) is 3.68. The van der Waals surface area contributed by atoms with Crippen molar-refractivity contribution in [1.82, 2.24) is 0 Å². The van der Waals surface area contributed by atoms with Crippen molar-refractivity contribution in [3.63, 3.8) is 0 Å². The normalized spacial score (nSPS) is 12.6. The van der Waals surface area contributed by atoms with Crippen LogP contribution >= 0.6 is 0 Å². The van der Waals surface area contributed by atoms with Crippen molar-refractivity contribution < 1.29 is 14.3 Å². The van der Waals surface area contributed by atoms with Crippen LogP contribution in [0.3, 0.4) is 0 Å². The van der Waals surface area contributed by atoms with E-state index in [1.165, 1.54) is 0 Å². The van der Waals surface area contributed by atoms with E-state index in [0.29, 0.717) is 6.54 Å². The summed E-state index contributed by atoms with van der Waals surface area (Å²) < 4.78 is 10.5. The Hall–Kier alpha value is -3.33. The highest BCUT2D eigenvalue weighted by molar-refractivity contribution is 6.10. The zero-order chi connectivity index (χ0) is 20.6. The first kappa shape index (κ1) is 21.0. The van der Waals surface area contributed by atoms with Gasteiger partial charge in [0, 0.05) is 5.69 Å². The monoisotopic (exact) mass is 379 g/mol. The lowest BCUT2D eigenvalue weighted by atomic mass is 10.1. The summed E-state index contributed by atoms with van der Waals surface area (Å²) in [5, 5.41) is 12.7. The zero-order valence-corrected chi connectivity index (χ0v) is 16.6. The molecule has 0 spiro atoms. The number of hydrogen-bond donors (Lipinski definition) is 1. The molecule has 1 atom stereocenters. The molecule has 146 valence electrons. The molecule has 2 aromatic carbocycles. The maximum absolute atomic E-state index is 12.5. The summed E-state index contributed by atoms with van der Waals surface area (Å²) in [4.78, 5) is 17.0. The topological polar surface area (TPSA) is 83.7 Å². The molecule has 6 heteroatoms. The number of amidine groups is 1. The van der Waals surface area contributed by atoms with Crippen molar-refractivity contribution in [2.75, 3.05) is 12.4 Å². The van der Waals surface area contributed by atoms with Crippen LogP contribution in [-0.2, 0) is 16.1 Å². The Bertz CT molecular complexity index is 847. The number of methoxy groups -OCH3 is 1. The predicted molar refractivity (Wildman–Crippen MR) is 109 cm³/mol. The highest BCUT2D eigenvalue weighted by Gasteiger charge is 2.29. The van der Waals surface area contributed by atoms with Crippen molar-refractivity contribution in [3.05, 3.63) is 60.2 Å². The summed E-state index contributed by atoms with van der Waals surface area (Å²) in [5.41, 5.74) is 0.967. The molecule has 1 unspecified atom stereocenters. The maximum Gasteiger partial charge on any atom is 0.331 e. The number of carbonyl (C=O) groups excluding carboxylic acids is 1. The number of carbonyl (C=O) groups is 1. The largest absolute Gasteiger partial charge is 0.497 e. The third kappa shape index (κ3) is 6.44. The lowest BCUT2D eigenvalue weighted by molar-refractivity contribution is -0.155. The molecule has 0 saturated heterocycles. The van der Waals surface area contributed by atoms with Crippen LogP contribution in [0.15, 0.2) is 59.6 Å². The molecule has 0 saturated carbocycles. The Morgan fingerprint density at radius 1 is 1.14 bits per heavy atom. The molecule has 28 heavy (non-hydrogen) atoms. The van der Waals surface area contributed by atoms with E-state index in [1.54, 1.807) is 27.9 Å². The molecule has 0 aliphatic rings. The Labute approximate surface area is 165 Å². The number of nitriles is 1. The van der Waals surface area contributed by atoms with Gasteiger partial charge in [-0.2, -0.15) is 5.26 Å². The molecular weight excluding hydrogens is 354 g/mol. The molecule has 0 bridgehead atoms. The van der Waals surface area contributed by atoms with Crippen LogP contribution in [0.5, 0.6) is 5.75 Å². The van der Waals surface area contributed by atoms with Crippen LogP contribution in [0.4, 0.5) is 5.69 Å². The molecule has 0 amide bonds. The van der Waals surface area contributed by atoms with E-state index in [0.717, 1.165) is 17.0 Å². The summed E-state index contributed by atoms with van der Waals surface area (Å²) in [6.45, 7) is 5.59. The minimum Gasteiger partial charge on any atom is -0.497 e. The van der Waals surface area contributed by atoms with Gasteiger partial charge in [-0.25, -0.2) is 0 Å². The van der Waals surface area contributed by atoms with E-state index in [-0.39, 0.29) is 5.84 Å². The second-order valence-corrected chi connectivity index (χ2v) is 7.14. The summed E-state index contributed by atoms with van der Waals surface area (Å²) in [6, 6.07) is 18.7. The van der Waals surface area contributed by atoms with E-state index in [4.69, 9.17) is 9.47 Å². The van der Waals surface area contributed by atoms with Crippen molar-refractivity contribution in [3.8, 4) is 11.8 Å². The van der Waals surface area contributed by atoms with Gasteiger partial charge in [-0.05, 0) is 50.6 Å². The van der Waals surface area contributed by atoms with Crippen LogP contribution in [0.25, 0.3) is 0 Å². The second-order valence-electron chi connectivity index (χ2n) is 7.14. The van der Waals surface area contributed by atoms with Gasteiger partial charge in [0.2, 0.25) is 5.92 Å². The summed E-state index contributed by atoms with van der Waals surface area (Å²) >= 11 is 0. The Kier molecular flexibility index (Phi) is 7.16. The Morgan fingerprint density at radius 2 is 1.79 bits per heavy atom. The van der Waals surface area contributed by atoms with Gasteiger partial charge in [-0.1, -0.05) is 30.3 Å². The van der Waals surface area contributed by atoms with E-state index < -0.39 is 17.5 Å². The van der Waals surface area contributed by atoms with Gasteiger partial charge in [0.15, 0.2) is 0 Å². The van der Waals surface area contributed by atoms with Gasteiger partial charge in [0.25, 0.3) is 0 Å². The smallest absolute Gasteiger partial charge is 0.331 e. The fourth-order valence-corrected chi connectivity index (χ4v) is 2.37. The quantitative estimate of drug-likeness (QED) is 0.462. The number of para-hydroxylation sites is 1. The zero-order valence-electron chi connectivity index (χ0n) is 16.6. The molecule has 2 rings (SSSR count). The maximum atomic E-state index is 12.5. The number of esters is 1. The number of benzene rings is 2. The molecule has 0 aliphatic carbocycles. The summed E-state index contributed by atoms with van der Waals surface area (Å²) in [5.74, 6) is -0.789. The molecule has 0 heterocycles. The number of rotatable bonds is 6. The van der Waals surface area contributed by atoms with Crippen LogP contribution in [0.1, 0.15) is 26.3 Å². The van der Waals surface area contributed by atoms with E-state index in [9.17, 15) is 10.1 Å². The lowest BCUT2D eigenvalue weighted by Crippen LogP contribution is -2.35. The molecule has 0 radical (unpaired) electrons. The first-order chi connectivity index (χ1) is 13.3. The molecule has 2 aromatic rings. The fraction of sp³-hybridized carbons (Fsp3) is 0.318. The van der Waals surface area contributed by atoms with Crippen molar-refractivity contribution >= 4 is 17.5 Å². The molecule has 0 aromatic heterocycles. The van der Waals surface area contributed by atoms with Crippen LogP contribution in [0.2, 0.25) is 0 Å². The number of aliphatic imine (C=N–C) groups is 1. The number of nitrogens with one attached hydrogen (secondary N) is 1. The number of nitrogens with zero attached hydrogens (tertiary/aromatic N) is 2. The lowest BCUT2D eigenvalue weighted by Gasteiger charge is -2.22. The average Bonchev–Trinajstić information content (AvgIpc) is 2.66. The van der Waals surface area contributed by atoms with Gasteiger partial charge in [0.1, 0.15) is 17.2 Å². The van der Waals surface area contributed by atoms with Gasteiger partial charge in [-0.15, -0.1) is 0 Å². The van der Waals surface area contributed by atoms with Gasteiger partial charge >= 0.3 is 5.97 Å². The number of anilines is 1. The standard InChI is InChI=1S/C22H25N3O3/c1-22(2,3)28-21(26)19(14-23)20(25-17-8-6-5-7-9-17)24-15-16-10-12-18(27-4)13-11-16/h5-13,19H,15H2,1-4H3,(H,24,25). The van der Waals surface area contributed by atoms with Gasteiger partial charge in [-0.3, -0.25) is 9.79 Å². The van der Waals surface area contributed by atoms with Crippen LogP contribution in [0, 0.1) is 17.2 Å². The Balaban J connectivity index is 2.28. The SMILES string of the molecule is COc1ccc(CN=C(Nc2ccccc2)C(C#N)C(=O)OC(C)(C)C)cc1. The van der Waals surface area contributed by atoms with Crippen LogP contribution in [-0.4, -0.2) is 24.5 Å². The van der Waals surface area contributed by atoms with Crippen molar-refractivity contribution in [2.24, 2.45) is 10.9 Å². The van der Waals surface area contributed by atoms with Crippen molar-refractivity contribution in [1.29, 1.82) is 5.26 Å². The summed E-state index contributed by atoms with van der Waals surface area (Å²) in [6.07, 6.45) is 0. The molecule has 0 aliphatic heterocycles. The summed E-state index contributed by atoms with van der Waals surface area (Å²) in [7, 11) is 1.60. The third-order valence-electron chi connectivity index (χ3n) is 3.68. The Morgan fingerprint density at radius 3 is 2.32 bits per heavy atom. The van der Waals surface area contributed by atoms with Crippen LogP contribution < -0.4 is 10.1 Å². The fourth-order valence-electron chi connectivity index (χ4n) is 2.37. The van der Waals surface area contributed by atoms with E-state index in [2.05, 4.69) is 10.3 Å². The van der Waals surface area contributed by atoms with Crippen molar-refractivity contribution in [2.45, 2.75) is 32.9 Å².